The zero-order valence-corrected chi connectivity index (χ0v) is 8.43. The molecular weight excluding hydrogens is 227 g/mol. The van der Waals surface area contributed by atoms with Gasteiger partial charge in [0.05, 0.1) is 13.2 Å². The highest BCUT2D eigenvalue weighted by Crippen LogP contribution is 2.34. The molecule has 2 N–H and O–H groups in total. The normalized spacial score (nSPS) is 11.6. The van der Waals surface area contributed by atoms with Crippen molar-refractivity contribution in [3.8, 4) is 0 Å². The third-order valence-corrected chi connectivity index (χ3v) is 1.74. The highest BCUT2D eigenvalue weighted by atomic mass is 19.4. The van der Waals surface area contributed by atoms with Gasteiger partial charge in [-0.15, -0.1) is 0 Å². The van der Waals surface area contributed by atoms with Gasteiger partial charge in [0.2, 0.25) is 5.76 Å². The number of halogens is 3. The van der Waals surface area contributed by atoms with Gasteiger partial charge in [0.25, 0.3) is 0 Å². The summed E-state index contributed by atoms with van der Waals surface area (Å²) < 4.78 is 46.3. The predicted molar refractivity (Wildman–Crippen MR) is 47.6 cm³/mol. The molecule has 1 rings (SSSR count). The van der Waals surface area contributed by atoms with Gasteiger partial charge in [0.1, 0.15) is 11.3 Å². The molecule has 0 radical (unpaired) electrons. The Labute approximate surface area is 89.2 Å². The number of nitrogens with two attached hydrogens (primary N) is 1. The first kappa shape index (κ1) is 12.6. The highest BCUT2D eigenvalue weighted by Gasteiger charge is 2.40. The first-order valence-corrected chi connectivity index (χ1v) is 4.47. The lowest BCUT2D eigenvalue weighted by Gasteiger charge is -2.05. The van der Waals surface area contributed by atoms with Crippen LogP contribution in [0.3, 0.4) is 0 Å². The van der Waals surface area contributed by atoms with Crippen molar-refractivity contribution in [2.45, 2.75) is 19.6 Å². The van der Waals surface area contributed by atoms with E-state index in [0.717, 1.165) is 6.07 Å². The average Bonchev–Trinajstić information content (AvgIpc) is 2.61. The predicted octanol–water partition coefficient (Wildman–Crippen LogP) is 1.93. The third-order valence-electron chi connectivity index (χ3n) is 1.74. The number of rotatable bonds is 3. The van der Waals surface area contributed by atoms with E-state index in [1.165, 1.54) is 6.92 Å². The standard InChI is InChI=1S/C9H10F3NO3/c1-2-15-8(14)6-3-5(4-13)16-7(6)9(10,11)12/h3H,2,4,13H2,1H3. The fraction of sp³-hybridized carbons (Fsp3) is 0.444. The zero-order valence-electron chi connectivity index (χ0n) is 8.43. The molecule has 0 saturated heterocycles. The number of carbonyl (C=O) groups is 1. The minimum Gasteiger partial charge on any atom is -0.462 e. The maximum absolute atomic E-state index is 12.5. The van der Waals surface area contributed by atoms with Gasteiger partial charge < -0.3 is 14.9 Å². The number of carbonyl (C=O) groups excluding carboxylic acids is 1. The molecule has 7 heteroatoms. The van der Waals surface area contributed by atoms with E-state index in [1.807, 2.05) is 0 Å². The van der Waals surface area contributed by atoms with Crippen LogP contribution in [-0.4, -0.2) is 12.6 Å². The Morgan fingerprint density at radius 3 is 2.62 bits per heavy atom. The number of hydrogen-bond donors (Lipinski definition) is 1. The summed E-state index contributed by atoms with van der Waals surface area (Å²) in [6.07, 6.45) is -4.74. The Morgan fingerprint density at radius 1 is 1.56 bits per heavy atom. The van der Waals surface area contributed by atoms with Gasteiger partial charge in [0.15, 0.2) is 0 Å². The van der Waals surface area contributed by atoms with Gasteiger partial charge in [-0.1, -0.05) is 0 Å². The Bertz CT molecular complexity index is 384. The van der Waals surface area contributed by atoms with E-state index in [4.69, 9.17) is 5.73 Å². The van der Waals surface area contributed by atoms with Crippen molar-refractivity contribution in [1.29, 1.82) is 0 Å². The van der Waals surface area contributed by atoms with Crippen molar-refractivity contribution in [3.63, 3.8) is 0 Å². The monoisotopic (exact) mass is 237 g/mol. The lowest BCUT2D eigenvalue weighted by atomic mass is 10.2. The number of alkyl halides is 3. The van der Waals surface area contributed by atoms with Crippen LogP contribution in [0.4, 0.5) is 13.2 Å². The molecule has 0 bridgehead atoms. The van der Waals surface area contributed by atoms with Crippen LogP contribution in [0.5, 0.6) is 0 Å². The second kappa shape index (κ2) is 4.56. The molecule has 0 aliphatic carbocycles. The van der Waals surface area contributed by atoms with Gasteiger partial charge in [-0.2, -0.15) is 13.2 Å². The molecule has 0 spiro atoms. The quantitative estimate of drug-likeness (QED) is 0.816. The fourth-order valence-electron chi connectivity index (χ4n) is 1.11. The molecule has 0 fully saturated rings. The second-order valence-electron chi connectivity index (χ2n) is 2.88. The molecule has 0 aliphatic rings. The molecule has 4 nitrogen and oxygen atoms in total. The maximum Gasteiger partial charge on any atom is 0.450 e. The topological polar surface area (TPSA) is 65.5 Å². The number of furan rings is 1. The number of hydrogen-bond acceptors (Lipinski definition) is 4. The molecular formula is C9H10F3NO3. The van der Waals surface area contributed by atoms with Crippen LogP contribution in [0, 0.1) is 0 Å². The first-order valence-electron chi connectivity index (χ1n) is 4.47. The smallest absolute Gasteiger partial charge is 0.450 e. The summed E-state index contributed by atoms with van der Waals surface area (Å²) in [5.74, 6) is -2.56. The Balaban J connectivity index is 3.15. The fourth-order valence-corrected chi connectivity index (χ4v) is 1.11. The summed E-state index contributed by atoms with van der Waals surface area (Å²) in [5.41, 5.74) is 4.49. The molecule has 0 saturated carbocycles. The summed E-state index contributed by atoms with van der Waals surface area (Å²) in [6, 6.07) is 0.945. The van der Waals surface area contributed by atoms with E-state index in [0.29, 0.717) is 0 Å². The molecule has 90 valence electrons. The van der Waals surface area contributed by atoms with Crippen molar-refractivity contribution >= 4 is 5.97 Å². The van der Waals surface area contributed by atoms with Crippen LogP contribution in [0.1, 0.15) is 28.8 Å². The van der Waals surface area contributed by atoms with Crippen LogP contribution in [-0.2, 0) is 17.5 Å². The van der Waals surface area contributed by atoms with Crippen molar-refractivity contribution < 1.29 is 27.1 Å². The van der Waals surface area contributed by atoms with Gasteiger partial charge in [-0.05, 0) is 13.0 Å². The SMILES string of the molecule is CCOC(=O)c1cc(CN)oc1C(F)(F)F. The first-order chi connectivity index (χ1) is 7.40. The zero-order chi connectivity index (χ0) is 12.3. The Morgan fingerprint density at radius 2 is 2.19 bits per heavy atom. The molecule has 0 aliphatic heterocycles. The summed E-state index contributed by atoms with van der Waals surface area (Å²) in [5, 5.41) is 0. The highest BCUT2D eigenvalue weighted by molar-refractivity contribution is 5.90. The largest absolute Gasteiger partial charge is 0.462 e. The molecule has 0 aromatic carbocycles. The van der Waals surface area contributed by atoms with Crippen LogP contribution in [0.25, 0.3) is 0 Å². The van der Waals surface area contributed by atoms with Gasteiger partial charge in [0, 0.05) is 0 Å². The van der Waals surface area contributed by atoms with Crippen molar-refractivity contribution in [2.24, 2.45) is 5.73 Å². The van der Waals surface area contributed by atoms with E-state index in [1.54, 1.807) is 0 Å². The van der Waals surface area contributed by atoms with Crippen LogP contribution in [0.15, 0.2) is 10.5 Å². The number of ether oxygens (including phenoxy) is 1. The summed E-state index contributed by atoms with van der Waals surface area (Å²) in [4.78, 5) is 11.2. The van der Waals surface area contributed by atoms with E-state index in [-0.39, 0.29) is 18.9 Å². The summed E-state index contributed by atoms with van der Waals surface area (Å²) >= 11 is 0. The molecule has 16 heavy (non-hydrogen) atoms. The lowest BCUT2D eigenvalue weighted by molar-refractivity contribution is -0.154. The van der Waals surface area contributed by atoms with Crippen LogP contribution < -0.4 is 5.73 Å². The van der Waals surface area contributed by atoms with E-state index in [9.17, 15) is 18.0 Å². The van der Waals surface area contributed by atoms with E-state index < -0.39 is 23.5 Å². The molecule has 0 amide bonds. The third kappa shape index (κ3) is 2.54. The maximum atomic E-state index is 12.5. The van der Waals surface area contributed by atoms with E-state index in [2.05, 4.69) is 9.15 Å². The van der Waals surface area contributed by atoms with Crippen molar-refractivity contribution in [3.05, 3.63) is 23.2 Å². The van der Waals surface area contributed by atoms with Gasteiger partial charge in [-0.25, -0.2) is 4.79 Å². The molecule has 0 atom stereocenters. The minimum atomic E-state index is -4.74. The molecule has 1 aromatic heterocycles. The van der Waals surface area contributed by atoms with Crippen molar-refractivity contribution in [1.82, 2.24) is 0 Å². The summed E-state index contributed by atoms with van der Waals surface area (Å²) in [6.45, 7) is 1.26. The molecule has 0 unspecified atom stereocenters. The van der Waals surface area contributed by atoms with Crippen LogP contribution >= 0.6 is 0 Å². The minimum absolute atomic E-state index is 0.0146. The Hall–Kier alpha value is -1.50. The van der Waals surface area contributed by atoms with Crippen LogP contribution in [0.2, 0.25) is 0 Å². The Kier molecular flexibility index (Phi) is 3.58. The molecule has 1 aromatic rings. The van der Waals surface area contributed by atoms with Crippen molar-refractivity contribution in [2.75, 3.05) is 6.61 Å². The lowest BCUT2D eigenvalue weighted by Crippen LogP contribution is -2.12. The number of esters is 1. The summed E-state index contributed by atoms with van der Waals surface area (Å²) in [7, 11) is 0. The van der Waals surface area contributed by atoms with Gasteiger partial charge in [-0.3, -0.25) is 0 Å². The van der Waals surface area contributed by atoms with E-state index >= 15 is 0 Å². The second-order valence-corrected chi connectivity index (χ2v) is 2.88. The van der Waals surface area contributed by atoms with Gasteiger partial charge >= 0.3 is 12.1 Å². The average molecular weight is 237 g/mol. The molecule has 1 heterocycles.